The van der Waals surface area contributed by atoms with E-state index in [1.165, 1.54) is 0 Å². The van der Waals surface area contributed by atoms with Gasteiger partial charge in [-0.25, -0.2) is 0 Å². The third kappa shape index (κ3) is 3.01. The van der Waals surface area contributed by atoms with Gasteiger partial charge in [0.2, 0.25) is 0 Å². The van der Waals surface area contributed by atoms with Crippen LogP contribution in [0.4, 0.5) is 0 Å². The molecule has 0 atom stereocenters. The molecule has 0 aliphatic heterocycles. The Bertz CT molecular complexity index is 518. The fourth-order valence-corrected chi connectivity index (χ4v) is 1.44. The number of pyridine rings is 1. The zero-order chi connectivity index (χ0) is 11.9. The summed E-state index contributed by atoms with van der Waals surface area (Å²) in [7, 11) is 0. The van der Waals surface area contributed by atoms with Crippen LogP contribution in [-0.4, -0.2) is 15.9 Å². The molecule has 84 valence electrons. The van der Waals surface area contributed by atoms with Crippen molar-refractivity contribution in [3.8, 4) is 0 Å². The number of hydrogen-bond donors (Lipinski definition) is 1. The van der Waals surface area contributed by atoms with Gasteiger partial charge in [0.15, 0.2) is 0 Å². The molecule has 3 heteroatoms. The summed E-state index contributed by atoms with van der Waals surface area (Å²) in [6, 6.07) is 13.5. The molecule has 0 saturated heterocycles. The van der Waals surface area contributed by atoms with Gasteiger partial charge in [-0.15, -0.1) is 0 Å². The first-order valence-corrected chi connectivity index (χ1v) is 5.26. The van der Waals surface area contributed by atoms with Crippen LogP contribution in [-0.2, 0) is 0 Å². The van der Waals surface area contributed by atoms with Gasteiger partial charge in [0, 0.05) is 18.0 Å². The number of nitrogens with zero attached hydrogens (tertiary/aromatic N) is 2. The molecular weight excluding hydrogens is 212 g/mol. The molecule has 0 saturated carbocycles. The fourth-order valence-electron chi connectivity index (χ4n) is 1.44. The Labute approximate surface area is 99.8 Å². The predicted octanol–water partition coefficient (Wildman–Crippen LogP) is 2.97. The molecule has 0 aliphatic carbocycles. The molecule has 3 nitrogen and oxygen atoms in total. The molecule has 0 unspecified atom stereocenters. The maximum atomic E-state index is 8.97. The number of oxime groups is 1. The van der Waals surface area contributed by atoms with E-state index in [-0.39, 0.29) is 0 Å². The van der Waals surface area contributed by atoms with Crippen LogP contribution in [0.5, 0.6) is 0 Å². The van der Waals surface area contributed by atoms with Crippen molar-refractivity contribution in [2.75, 3.05) is 0 Å². The third-order valence-electron chi connectivity index (χ3n) is 2.30. The normalized spacial score (nSPS) is 11.9. The van der Waals surface area contributed by atoms with Crippen molar-refractivity contribution >= 4 is 11.8 Å². The largest absolute Gasteiger partial charge is 0.410 e. The topological polar surface area (TPSA) is 45.5 Å². The number of aromatic nitrogens is 1. The molecule has 17 heavy (non-hydrogen) atoms. The lowest BCUT2D eigenvalue weighted by molar-refractivity contribution is 0.320. The molecule has 0 aliphatic rings. The fraction of sp³-hybridized carbons (Fsp3) is 0. The quantitative estimate of drug-likeness (QED) is 0.495. The van der Waals surface area contributed by atoms with Crippen molar-refractivity contribution in [1.82, 2.24) is 4.98 Å². The second-order valence-electron chi connectivity index (χ2n) is 3.47. The average molecular weight is 224 g/mol. The van der Waals surface area contributed by atoms with Crippen LogP contribution >= 0.6 is 0 Å². The molecule has 0 spiro atoms. The van der Waals surface area contributed by atoms with Gasteiger partial charge in [0.05, 0.1) is 0 Å². The van der Waals surface area contributed by atoms with Crippen molar-refractivity contribution in [2.45, 2.75) is 0 Å². The van der Waals surface area contributed by atoms with Crippen LogP contribution in [0.25, 0.3) is 6.08 Å². The van der Waals surface area contributed by atoms with E-state index in [4.69, 9.17) is 5.21 Å². The maximum absolute atomic E-state index is 8.97. The summed E-state index contributed by atoms with van der Waals surface area (Å²) >= 11 is 0. The van der Waals surface area contributed by atoms with E-state index in [2.05, 4.69) is 10.1 Å². The summed E-state index contributed by atoms with van der Waals surface area (Å²) in [6.45, 7) is 0. The van der Waals surface area contributed by atoms with Crippen LogP contribution in [0.1, 0.15) is 11.1 Å². The van der Waals surface area contributed by atoms with E-state index in [0.29, 0.717) is 5.71 Å². The van der Waals surface area contributed by atoms with Gasteiger partial charge in [0.25, 0.3) is 0 Å². The van der Waals surface area contributed by atoms with Gasteiger partial charge in [0.1, 0.15) is 5.71 Å². The summed E-state index contributed by atoms with van der Waals surface area (Å²) < 4.78 is 0. The highest BCUT2D eigenvalue weighted by Gasteiger charge is 1.99. The molecule has 0 amide bonds. The molecule has 2 aromatic rings. The predicted molar refractivity (Wildman–Crippen MR) is 68.0 cm³/mol. The van der Waals surface area contributed by atoms with E-state index in [9.17, 15) is 0 Å². The van der Waals surface area contributed by atoms with Gasteiger partial charge < -0.3 is 5.21 Å². The summed E-state index contributed by atoms with van der Waals surface area (Å²) in [5.74, 6) is 0. The van der Waals surface area contributed by atoms with Crippen LogP contribution in [0, 0.1) is 0 Å². The summed E-state index contributed by atoms with van der Waals surface area (Å²) in [5, 5.41) is 12.2. The van der Waals surface area contributed by atoms with Crippen molar-refractivity contribution < 1.29 is 5.21 Å². The summed E-state index contributed by atoms with van der Waals surface area (Å²) in [5.41, 5.74) is 2.32. The van der Waals surface area contributed by atoms with Crippen molar-refractivity contribution in [3.05, 3.63) is 72.1 Å². The van der Waals surface area contributed by atoms with E-state index >= 15 is 0 Å². The zero-order valence-electron chi connectivity index (χ0n) is 9.19. The minimum atomic E-state index is 0.488. The Balaban J connectivity index is 2.20. The van der Waals surface area contributed by atoms with Crippen molar-refractivity contribution in [3.63, 3.8) is 0 Å². The smallest absolute Gasteiger partial charge is 0.111 e. The maximum Gasteiger partial charge on any atom is 0.111 e. The minimum Gasteiger partial charge on any atom is -0.410 e. The molecule has 0 bridgehead atoms. The molecule has 1 aromatic heterocycles. The third-order valence-corrected chi connectivity index (χ3v) is 2.30. The monoisotopic (exact) mass is 224 g/mol. The average Bonchev–Trinajstić information content (AvgIpc) is 2.42. The molecule has 0 fully saturated rings. The van der Waals surface area contributed by atoms with Crippen LogP contribution in [0.3, 0.4) is 0 Å². The standard InChI is InChI=1S/C14H12N2O/c17-16-14(13-7-4-10-15-11-13)9-8-12-5-2-1-3-6-12/h1-11,17H/b9-8?,16-14-. The van der Waals surface area contributed by atoms with Crippen molar-refractivity contribution in [2.24, 2.45) is 5.16 Å². The van der Waals surface area contributed by atoms with Crippen LogP contribution in [0.15, 0.2) is 66.1 Å². The molecule has 1 N–H and O–H groups in total. The molecular formula is C14H12N2O. The first kappa shape index (κ1) is 11.1. The second kappa shape index (κ2) is 5.61. The van der Waals surface area contributed by atoms with Gasteiger partial charge in [-0.2, -0.15) is 0 Å². The number of allylic oxidation sites excluding steroid dienone is 1. The highest BCUT2D eigenvalue weighted by atomic mass is 16.4. The lowest BCUT2D eigenvalue weighted by Gasteiger charge is -1.97. The summed E-state index contributed by atoms with van der Waals surface area (Å²) in [6.07, 6.45) is 6.98. The highest BCUT2D eigenvalue weighted by Crippen LogP contribution is 2.05. The van der Waals surface area contributed by atoms with E-state index < -0.39 is 0 Å². The first-order valence-electron chi connectivity index (χ1n) is 5.26. The molecule has 2 rings (SSSR count). The zero-order valence-corrected chi connectivity index (χ0v) is 9.19. The van der Waals surface area contributed by atoms with Gasteiger partial charge >= 0.3 is 0 Å². The Hall–Kier alpha value is -2.42. The van der Waals surface area contributed by atoms with Crippen LogP contribution in [0.2, 0.25) is 0 Å². The van der Waals surface area contributed by atoms with E-state index in [0.717, 1.165) is 11.1 Å². The first-order chi connectivity index (χ1) is 8.40. The number of rotatable bonds is 3. The van der Waals surface area contributed by atoms with Crippen LogP contribution < -0.4 is 0 Å². The summed E-state index contributed by atoms with van der Waals surface area (Å²) in [4.78, 5) is 3.98. The lowest BCUT2D eigenvalue weighted by Crippen LogP contribution is -1.96. The molecule has 0 radical (unpaired) electrons. The number of benzene rings is 1. The van der Waals surface area contributed by atoms with E-state index in [1.54, 1.807) is 24.5 Å². The van der Waals surface area contributed by atoms with Gasteiger partial charge in [-0.3, -0.25) is 4.98 Å². The van der Waals surface area contributed by atoms with E-state index in [1.807, 2.05) is 42.5 Å². The Morgan fingerprint density at radius 2 is 1.94 bits per heavy atom. The number of hydrogen-bond acceptors (Lipinski definition) is 3. The highest BCUT2D eigenvalue weighted by molar-refractivity contribution is 6.10. The Morgan fingerprint density at radius 1 is 1.12 bits per heavy atom. The lowest BCUT2D eigenvalue weighted by atomic mass is 10.1. The molecule has 1 aromatic carbocycles. The Kier molecular flexibility index (Phi) is 3.65. The SMILES string of the molecule is O/N=C(/C=Cc1ccccc1)c1cccnc1. The Morgan fingerprint density at radius 3 is 2.59 bits per heavy atom. The van der Waals surface area contributed by atoms with Crippen molar-refractivity contribution in [1.29, 1.82) is 0 Å². The minimum absolute atomic E-state index is 0.488. The molecule has 1 heterocycles. The second-order valence-corrected chi connectivity index (χ2v) is 3.47. The van der Waals surface area contributed by atoms with Gasteiger partial charge in [-0.05, 0) is 23.8 Å². The van der Waals surface area contributed by atoms with Gasteiger partial charge in [-0.1, -0.05) is 41.6 Å².